The van der Waals surface area contributed by atoms with Crippen LogP contribution in [0.5, 0.6) is 0 Å². The third-order valence-electron chi connectivity index (χ3n) is 2.83. The van der Waals surface area contributed by atoms with Gasteiger partial charge in [-0.2, -0.15) is 13.2 Å². The molecule has 1 saturated carbocycles. The summed E-state index contributed by atoms with van der Waals surface area (Å²) in [5.41, 5.74) is -0.963. The van der Waals surface area contributed by atoms with Gasteiger partial charge in [-0.25, -0.2) is 4.68 Å². The molecule has 0 bridgehead atoms. The standard InChI is InChI=1S/C9H11ClF3N3/c10-5-7-8(9(11,12)13)16(15-14-7)6-3-1-2-4-6/h6H,1-5H2. The number of halogens is 4. The fraction of sp³-hybridized carbons (Fsp3) is 0.778. The third kappa shape index (κ3) is 2.03. The molecule has 90 valence electrons. The van der Waals surface area contributed by atoms with E-state index in [0.29, 0.717) is 0 Å². The van der Waals surface area contributed by atoms with Gasteiger partial charge in [0.15, 0.2) is 5.69 Å². The first-order valence-electron chi connectivity index (χ1n) is 5.11. The summed E-state index contributed by atoms with van der Waals surface area (Å²) >= 11 is 5.44. The Kier molecular flexibility index (Phi) is 3.10. The topological polar surface area (TPSA) is 30.7 Å². The molecule has 0 spiro atoms. The Labute approximate surface area is 95.6 Å². The van der Waals surface area contributed by atoms with Gasteiger partial charge in [0.25, 0.3) is 0 Å². The Morgan fingerprint density at radius 2 is 1.94 bits per heavy atom. The first-order chi connectivity index (χ1) is 7.54. The molecule has 0 unspecified atom stereocenters. The quantitative estimate of drug-likeness (QED) is 0.758. The number of hydrogen-bond donors (Lipinski definition) is 0. The highest BCUT2D eigenvalue weighted by Gasteiger charge is 2.40. The molecule has 0 saturated heterocycles. The summed E-state index contributed by atoms with van der Waals surface area (Å²) in [5.74, 6) is -0.262. The zero-order valence-electron chi connectivity index (χ0n) is 8.47. The van der Waals surface area contributed by atoms with E-state index >= 15 is 0 Å². The number of aromatic nitrogens is 3. The van der Waals surface area contributed by atoms with Crippen LogP contribution in [0.4, 0.5) is 13.2 Å². The molecule has 1 aromatic rings. The van der Waals surface area contributed by atoms with Crippen molar-refractivity contribution in [1.29, 1.82) is 0 Å². The molecule has 2 rings (SSSR count). The van der Waals surface area contributed by atoms with Crippen molar-refractivity contribution in [2.75, 3.05) is 0 Å². The van der Waals surface area contributed by atoms with Gasteiger partial charge in [-0.15, -0.1) is 16.7 Å². The lowest BCUT2D eigenvalue weighted by Gasteiger charge is -2.15. The van der Waals surface area contributed by atoms with Crippen LogP contribution in [-0.4, -0.2) is 15.0 Å². The Balaban J connectivity index is 2.41. The fourth-order valence-electron chi connectivity index (χ4n) is 2.11. The van der Waals surface area contributed by atoms with Crippen molar-refractivity contribution < 1.29 is 13.2 Å². The summed E-state index contributed by atoms with van der Waals surface area (Å²) in [6, 6.07) is -0.180. The van der Waals surface area contributed by atoms with E-state index in [0.717, 1.165) is 30.4 Å². The SMILES string of the molecule is FC(F)(F)c1c(CCl)nnn1C1CCCC1. The second-order valence-corrected chi connectivity index (χ2v) is 4.17. The number of nitrogens with zero attached hydrogens (tertiary/aromatic N) is 3. The minimum atomic E-state index is -4.43. The Hall–Kier alpha value is -0.780. The zero-order chi connectivity index (χ0) is 11.8. The van der Waals surface area contributed by atoms with Gasteiger partial charge in [0.1, 0.15) is 5.69 Å². The van der Waals surface area contributed by atoms with Gasteiger partial charge in [-0.1, -0.05) is 18.1 Å². The molecule has 0 aliphatic heterocycles. The maximum absolute atomic E-state index is 12.8. The maximum atomic E-state index is 12.8. The summed E-state index contributed by atoms with van der Waals surface area (Å²) in [6.45, 7) is 0. The van der Waals surface area contributed by atoms with E-state index in [1.54, 1.807) is 0 Å². The van der Waals surface area contributed by atoms with Crippen molar-refractivity contribution in [3.05, 3.63) is 11.4 Å². The van der Waals surface area contributed by atoms with E-state index in [2.05, 4.69) is 10.3 Å². The Bertz CT molecular complexity index is 369. The van der Waals surface area contributed by atoms with E-state index in [4.69, 9.17) is 11.6 Å². The molecule has 3 nitrogen and oxygen atoms in total. The van der Waals surface area contributed by atoms with Crippen molar-refractivity contribution in [2.45, 2.75) is 43.8 Å². The second-order valence-electron chi connectivity index (χ2n) is 3.90. The average Bonchev–Trinajstić information content (AvgIpc) is 2.84. The summed E-state index contributed by atoms with van der Waals surface area (Å²) in [5, 5.41) is 7.10. The molecule has 1 aliphatic rings. The van der Waals surface area contributed by atoms with Crippen molar-refractivity contribution >= 4 is 11.6 Å². The normalized spacial score (nSPS) is 18.2. The molecule has 1 aromatic heterocycles. The van der Waals surface area contributed by atoms with Gasteiger partial charge in [0.05, 0.1) is 11.9 Å². The van der Waals surface area contributed by atoms with Crippen LogP contribution in [0.25, 0.3) is 0 Å². The first kappa shape index (κ1) is 11.7. The van der Waals surface area contributed by atoms with E-state index in [1.807, 2.05) is 0 Å². The maximum Gasteiger partial charge on any atom is 0.434 e. The largest absolute Gasteiger partial charge is 0.434 e. The number of hydrogen-bond acceptors (Lipinski definition) is 2. The van der Waals surface area contributed by atoms with Crippen molar-refractivity contribution in [1.82, 2.24) is 15.0 Å². The van der Waals surface area contributed by atoms with Gasteiger partial charge >= 0.3 is 6.18 Å². The molecular weight excluding hydrogens is 243 g/mol. The Morgan fingerprint density at radius 3 is 2.44 bits per heavy atom. The van der Waals surface area contributed by atoms with E-state index in [-0.39, 0.29) is 17.6 Å². The van der Waals surface area contributed by atoms with Gasteiger partial charge in [-0.05, 0) is 12.8 Å². The van der Waals surface area contributed by atoms with E-state index in [9.17, 15) is 13.2 Å². The lowest BCUT2D eigenvalue weighted by molar-refractivity contribution is -0.145. The van der Waals surface area contributed by atoms with Crippen LogP contribution in [0.15, 0.2) is 0 Å². The smallest absolute Gasteiger partial charge is 0.237 e. The predicted octanol–water partition coefficient (Wildman–Crippen LogP) is 3.15. The monoisotopic (exact) mass is 253 g/mol. The van der Waals surface area contributed by atoms with Gasteiger partial charge in [0.2, 0.25) is 0 Å². The van der Waals surface area contributed by atoms with Crippen molar-refractivity contribution in [2.24, 2.45) is 0 Å². The van der Waals surface area contributed by atoms with E-state index in [1.165, 1.54) is 0 Å². The predicted molar refractivity (Wildman–Crippen MR) is 52.1 cm³/mol. The lowest BCUT2D eigenvalue weighted by Crippen LogP contribution is -2.19. The molecule has 1 heterocycles. The number of alkyl halides is 4. The summed E-state index contributed by atoms with van der Waals surface area (Å²) in [7, 11) is 0. The molecule has 7 heteroatoms. The van der Waals surface area contributed by atoms with Crippen LogP contribution in [0.1, 0.15) is 43.1 Å². The average molecular weight is 254 g/mol. The molecule has 0 amide bonds. The fourth-order valence-corrected chi connectivity index (χ4v) is 2.29. The van der Waals surface area contributed by atoms with Crippen LogP contribution < -0.4 is 0 Å². The molecule has 16 heavy (non-hydrogen) atoms. The first-order valence-corrected chi connectivity index (χ1v) is 5.64. The van der Waals surface area contributed by atoms with E-state index < -0.39 is 11.9 Å². The molecule has 1 fully saturated rings. The summed E-state index contributed by atoms with van der Waals surface area (Å²) < 4.78 is 39.5. The van der Waals surface area contributed by atoms with Crippen LogP contribution in [0.3, 0.4) is 0 Å². The van der Waals surface area contributed by atoms with Gasteiger partial charge in [0, 0.05) is 0 Å². The molecular formula is C9H11ClF3N3. The minimum Gasteiger partial charge on any atom is -0.237 e. The highest BCUT2D eigenvalue weighted by atomic mass is 35.5. The molecule has 0 radical (unpaired) electrons. The molecule has 0 atom stereocenters. The highest BCUT2D eigenvalue weighted by molar-refractivity contribution is 6.16. The van der Waals surface area contributed by atoms with Gasteiger partial charge < -0.3 is 0 Å². The minimum absolute atomic E-state index is 0.180. The Morgan fingerprint density at radius 1 is 1.31 bits per heavy atom. The molecule has 0 N–H and O–H groups in total. The van der Waals surface area contributed by atoms with Crippen LogP contribution >= 0.6 is 11.6 Å². The second kappa shape index (κ2) is 4.24. The van der Waals surface area contributed by atoms with Crippen LogP contribution in [0, 0.1) is 0 Å². The summed E-state index contributed by atoms with van der Waals surface area (Å²) in [4.78, 5) is 0. The third-order valence-corrected chi connectivity index (χ3v) is 3.08. The van der Waals surface area contributed by atoms with Crippen LogP contribution in [0.2, 0.25) is 0 Å². The van der Waals surface area contributed by atoms with Crippen LogP contribution in [-0.2, 0) is 12.1 Å². The highest BCUT2D eigenvalue weighted by Crippen LogP contribution is 2.37. The van der Waals surface area contributed by atoms with Gasteiger partial charge in [-0.3, -0.25) is 0 Å². The number of rotatable bonds is 2. The summed E-state index contributed by atoms with van der Waals surface area (Å²) in [6.07, 6.45) is -1.09. The molecule has 0 aromatic carbocycles. The zero-order valence-corrected chi connectivity index (χ0v) is 9.22. The van der Waals surface area contributed by atoms with Crippen molar-refractivity contribution in [3.8, 4) is 0 Å². The van der Waals surface area contributed by atoms with Crippen molar-refractivity contribution in [3.63, 3.8) is 0 Å². The lowest BCUT2D eigenvalue weighted by atomic mass is 10.2. The molecule has 1 aliphatic carbocycles.